The van der Waals surface area contributed by atoms with Crippen molar-refractivity contribution in [3.63, 3.8) is 0 Å². The molecule has 0 fully saturated rings. The molecule has 0 radical (unpaired) electrons. The largest absolute Gasteiger partial charge is 0.480 e. The van der Waals surface area contributed by atoms with Crippen LogP contribution in [0.25, 0.3) is 0 Å². The van der Waals surface area contributed by atoms with Crippen molar-refractivity contribution in [2.45, 2.75) is 20.0 Å². The van der Waals surface area contributed by atoms with Gasteiger partial charge in [-0.2, -0.15) is 5.01 Å². The summed E-state index contributed by atoms with van der Waals surface area (Å²) in [5.41, 5.74) is 1.47. The van der Waals surface area contributed by atoms with Crippen molar-refractivity contribution in [3.8, 4) is 0 Å². The van der Waals surface area contributed by atoms with Gasteiger partial charge < -0.3 is 4.74 Å². The van der Waals surface area contributed by atoms with Crippen molar-refractivity contribution in [2.24, 2.45) is 5.10 Å². The summed E-state index contributed by atoms with van der Waals surface area (Å²) < 4.78 is 5.22. The molecular weight excluding hydrogens is 236 g/mol. The highest BCUT2D eigenvalue weighted by Crippen LogP contribution is 2.21. The average Bonchev–Trinajstić information content (AvgIpc) is 2.72. The van der Waals surface area contributed by atoms with Crippen LogP contribution in [0.15, 0.2) is 29.4 Å². The lowest BCUT2D eigenvalue weighted by Crippen LogP contribution is -2.19. The summed E-state index contributed by atoms with van der Waals surface area (Å²) in [6.45, 7) is 2.45. The molecule has 1 aliphatic heterocycles. The number of ether oxygens (including phenoxy) is 1. The molecule has 0 saturated heterocycles. The second kappa shape index (κ2) is 5.61. The number of rotatable bonds is 4. The van der Waals surface area contributed by atoms with Gasteiger partial charge in [0, 0.05) is 0 Å². The van der Waals surface area contributed by atoms with Gasteiger partial charge in [0.15, 0.2) is 0 Å². The van der Waals surface area contributed by atoms with Gasteiger partial charge in [-0.25, -0.2) is 4.89 Å². The Morgan fingerprint density at radius 1 is 1.39 bits per heavy atom. The quantitative estimate of drug-likeness (QED) is 0.653. The first-order valence-corrected chi connectivity index (χ1v) is 5.63. The van der Waals surface area contributed by atoms with Crippen molar-refractivity contribution >= 4 is 17.5 Å². The van der Waals surface area contributed by atoms with E-state index in [0.29, 0.717) is 18.2 Å². The van der Waals surface area contributed by atoms with Gasteiger partial charge in [0.25, 0.3) is 5.91 Å². The van der Waals surface area contributed by atoms with Crippen LogP contribution in [0.2, 0.25) is 0 Å². The van der Waals surface area contributed by atoms with E-state index >= 15 is 0 Å². The Balaban J connectivity index is 2.13. The summed E-state index contributed by atoms with van der Waals surface area (Å²) in [7, 11) is 0. The summed E-state index contributed by atoms with van der Waals surface area (Å²) >= 11 is 0. The Kier molecular flexibility index (Phi) is 3.91. The molecule has 0 saturated carbocycles. The van der Waals surface area contributed by atoms with Crippen LogP contribution < -0.4 is 5.01 Å². The predicted octanol–water partition coefficient (Wildman–Crippen LogP) is 1.76. The monoisotopic (exact) mass is 250 g/mol. The Bertz CT molecular complexity index is 456. The summed E-state index contributed by atoms with van der Waals surface area (Å²) in [4.78, 5) is 15.8. The molecule has 1 aromatic carbocycles. The average molecular weight is 250 g/mol. The summed E-state index contributed by atoms with van der Waals surface area (Å²) in [5.74, 6) is 0.315. The van der Waals surface area contributed by atoms with E-state index in [9.17, 15) is 4.79 Å². The molecule has 1 aromatic rings. The minimum Gasteiger partial charge on any atom is -0.480 e. The predicted molar refractivity (Wildman–Crippen MR) is 65.0 cm³/mol. The molecule has 0 unspecified atom stereocenters. The lowest BCUT2D eigenvalue weighted by Gasteiger charge is -2.11. The van der Waals surface area contributed by atoms with Crippen LogP contribution in [0.3, 0.4) is 0 Å². The fraction of sp³-hybridized carbons (Fsp3) is 0.333. The Labute approximate surface area is 104 Å². The molecule has 1 aliphatic rings. The minimum atomic E-state index is -0.121. The van der Waals surface area contributed by atoms with Gasteiger partial charge in [0.2, 0.25) is 5.90 Å². The smallest absolute Gasteiger partial charge is 0.256 e. The molecule has 2 rings (SSSR count). The molecule has 0 aliphatic carbocycles. The van der Waals surface area contributed by atoms with Crippen molar-refractivity contribution in [1.82, 2.24) is 0 Å². The van der Waals surface area contributed by atoms with Gasteiger partial charge in [-0.05, 0) is 24.6 Å². The van der Waals surface area contributed by atoms with Crippen molar-refractivity contribution in [1.29, 1.82) is 0 Å². The first-order valence-electron chi connectivity index (χ1n) is 5.63. The van der Waals surface area contributed by atoms with Crippen molar-refractivity contribution in [3.05, 3.63) is 29.8 Å². The highest BCUT2D eigenvalue weighted by atomic mass is 17.1. The van der Waals surface area contributed by atoms with Crippen LogP contribution in [0.5, 0.6) is 0 Å². The highest BCUT2D eigenvalue weighted by Gasteiger charge is 2.26. The standard InChI is InChI=1S/C12H14N2O4/c1-2-17-11-7-12(15)14(13-11)10-5-3-9(4-6-10)8-18-16/h3-6,16H,2,7-8H2,1H3. The lowest BCUT2D eigenvalue weighted by atomic mass is 10.2. The van der Waals surface area contributed by atoms with Gasteiger partial charge in [-0.3, -0.25) is 10.1 Å². The van der Waals surface area contributed by atoms with Crippen molar-refractivity contribution < 1.29 is 19.7 Å². The number of hydrogen-bond acceptors (Lipinski definition) is 5. The molecular formula is C12H14N2O4. The third-order valence-corrected chi connectivity index (χ3v) is 2.47. The highest BCUT2D eigenvalue weighted by molar-refractivity contribution is 6.10. The maximum atomic E-state index is 11.7. The molecule has 96 valence electrons. The van der Waals surface area contributed by atoms with Gasteiger partial charge in [-0.1, -0.05) is 12.1 Å². The zero-order valence-corrected chi connectivity index (χ0v) is 10.00. The van der Waals surface area contributed by atoms with E-state index in [-0.39, 0.29) is 18.9 Å². The molecule has 0 atom stereocenters. The van der Waals surface area contributed by atoms with Gasteiger partial charge in [0.05, 0.1) is 12.3 Å². The molecule has 1 amide bonds. The fourth-order valence-electron chi connectivity index (χ4n) is 1.66. The van der Waals surface area contributed by atoms with Crippen LogP contribution in [0.4, 0.5) is 5.69 Å². The number of hydrazone groups is 1. The van der Waals surface area contributed by atoms with Crippen LogP contribution in [0.1, 0.15) is 18.9 Å². The molecule has 1 heterocycles. The van der Waals surface area contributed by atoms with E-state index in [1.54, 1.807) is 24.3 Å². The Morgan fingerprint density at radius 2 is 2.11 bits per heavy atom. The zero-order valence-electron chi connectivity index (χ0n) is 10.00. The minimum absolute atomic E-state index is 0.113. The third kappa shape index (κ3) is 2.66. The van der Waals surface area contributed by atoms with Crippen LogP contribution in [-0.4, -0.2) is 23.7 Å². The number of hydrogen-bond donors (Lipinski definition) is 1. The SMILES string of the molecule is CCOC1=NN(c2ccc(COO)cc2)C(=O)C1. The van der Waals surface area contributed by atoms with Gasteiger partial charge in [0.1, 0.15) is 13.0 Å². The first kappa shape index (κ1) is 12.5. The maximum absolute atomic E-state index is 11.7. The number of carbonyl (C=O) groups is 1. The summed E-state index contributed by atoms with van der Waals surface area (Å²) in [6.07, 6.45) is 0.190. The van der Waals surface area contributed by atoms with Crippen LogP contribution in [0, 0.1) is 0 Å². The topological polar surface area (TPSA) is 71.4 Å². The van der Waals surface area contributed by atoms with Gasteiger partial charge >= 0.3 is 0 Å². The lowest BCUT2D eigenvalue weighted by molar-refractivity contribution is -0.253. The number of nitrogens with zero attached hydrogens (tertiary/aromatic N) is 2. The van der Waals surface area contributed by atoms with Crippen molar-refractivity contribution in [2.75, 3.05) is 11.6 Å². The number of anilines is 1. The van der Waals surface area contributed by atoms with Crippen LogP contribution in [-0.2, 0) is 21.0 Å². The van der Waals surface area contributed by atoms with Crippen LogP contribution >= 0.6 is 0 Å². The molecule has 6 nitrogen and oxygen atoms in total. The third-order valence-electron chi connectivity index (χ3n) is 2.47. The molecule has 18 heavy (non-hydrogen) atoms. The second-order valence-electron chi connectivity index (χ2n) is 3.75. The first-order chi connectivity index (χ1) is 8.74. The van der Waals surface area contributed by atoms with E-state index in [1.807, 2.05) is 6.92 Å². The molecule has 6 heteroatoms. The summed E-state index contributed by atoms with van der Waals surface area (Å²) in [6, 6.07) is 7.00. The molecule has 0 aromatic heterocycles. The summed E-state index contributed by atoms with van der Waals surface area (Å²) in [5, 5.41) is 13.7. The second-order valence-corrected chi connectivity index (χ2v) is 3.75. The van der Waals surface area contributed by atoms with Gasteiger partial charge in [-0.15, -0.1) is 5.10 Å². The molecule has 1 N–H and O–H groups in total. The molecule has 0 bridgehead atoms. The molecule has 0 spiro atoms. The normalized spacial score (nSPS) is 14.9. The maximum Gasteiger partial charge on any atom is 0.256 e. The van der Waals surface area contributed by atoms with E-state index in [1.165, 1.54) is 5.01 Å². The number of amides is 1. The fourth-order valence-corrected chi connectivity index (χ4v) is 1.66. The van der Waals surface area contributed by atoms with E-state index in [0.717, 1.165) is 5.56 Å². The number of benzene rings is 1. The number of carbonyl (C=O) groups excluding carboxylic acids is 1. The van der Waals surface area contributed by atoms with E-state index in [2.05, 4.69) is 9.99 Å². The van der Waals surface area contributed by atoms with E-state index in [4.69, 9.17) is 9.99 Å². The Hall–Kier alpha value is -1.92. The van der Waals surface area contributed by atoms with E-state index < -0.39 is 0 Å². The Morgan fingerprint density at radius 3 is 2.72 bits per heavy atom. The zero-order chi connectivity index (χ0) is 13.0.